The van der Waals surface area contributed by atoms with Crippen molar-refractivity contribution in [2.24, 2.45) is 0 Å². The minimum atomic E-state index is -0.812. The third-order valence-corrected chi connectivity index (χ3v) is 2.73. The Balaban J connectivity index is 2.08. The average Bonchev–Trinajstić information content (AvgIpc) is 2.54. The molecule has 0 aromatic heterocycles. The second-order valence-corrected chi connectivity index (χ2v) is 4.29. The Morgan fingerprint density at radius 1 is 0.957 bits per heavy atom. The zero-order valence-electron chi connectivity index (χ0n) is 11.6. The molecule has 0 unspecified atom stereocenters. The molecular formula is C13H11N5O5. The summed E-state index contributed by atoms with van der Waals surface area (Å²) >= 11 is 0. The van der Waals surface area contributed by atoms with Crippen molar-refractivity contribution >= 4 is 28.8 Å². The van der Waals surface area contributed by atoms with E-state index in [1.54, 1.807) is 30.3 Å². The molecule has 0 saturated heterocycles. The molecule has 10 heteroatoms. The Morgan fingerprint density at radius 3 is 2.26 bits per heavy atom. The van der Waals surface area contributed by atoms with Gasteiger partial charge < -0.3 is 5.32 Å². The van der Waals surface area contributed by atoms with Gasteiger partial charge in [0.05, 0.1) is 21.6 Å². The maximum atomic E-state index is 11.7. The summed E-state index contributed by atoms with van der Waals surface area (Å²) in [6, 6.07) is 10.9. The Bertz CT molecular complexity index is 750. The summed E-state index contributed by atoms with van der Waals surface area (Å²) in [4.78, 5) is 31.8. The monoisotopic (exact) mass is 317 g/mol. The molecule has 0 bridgehead atoms. The summed E-state index contributed by atoms with van der Waals surface area (Å²) < 4.78 is 0. The molecule has 0 fully saturated rings. The van der Waals surface area contributed by atoms with Crippen molar-refractivity contribution in [1.82, 2.24) is 5.43 Å². The summed E-state index contributed by atoms with van der Waals surface area (Å²) in [5.41, 5.74) is 4.34. The molecule has 10 nitrogen and oxygen atoms in total. The van der Waals surface area contributed by atoms with Crippen molar-refractivity contribution in [3.05, 3.63) is 68.8 Å². The van der Waals surface area contributed by atoms with Crippen LogP contribution in [0.1, 0.15) is 0 Å². The molecule has 0 atom stereocenters. The predicted octanol–water partition coefficient (Wildman–Crippen LogP) is 2.65. The number of para-hydroxylation sites is 1. The number of carbonyl (C=O) groups is 1. The van der Waals surface area contributed by atoms with Crippen molar-refractivity contribution < 1.29 is 14.6 Å². The van der Waals surface area contributed by atoms with E-state index in [1.807, 2.05) is 0 Å². The van der Waals surface area contributed by atoms with E-state index in [9.17, 15) is 25.0 Å². The van der Waals surface area contributed by atoms with Crippen LogP contribution in [-0.2, 0) is 0 Å². The number of carbonyl (C=O) groups excluding carboxylic acids is 1. The van der Waals surface area contributed by atoms with E-state index in [1.165, 1.54) is 0 Å². The summed E-state index contributed by atoms with van der Waals surface area (Å²) in [6.07, 6.45) is 0. The maximum Gasteiger partial charge on any atom is 0.338 e. The molecule has 118 valence electrons. The van der Waals surface area contributed by atoms with Gasteiger partial charge in [-0.25, -0.2) is 4.79 Å². The van der Waals surface area contributed by atoms with Crippen molar-refractivity contribution in [2.75, 3.05) is 10.7 Å². The lowest BCUT2D eigenvalue weighted by Gasteiger charge is -2.10. The Morgan fingerprint density at radius 2 is 1.65 bits per heavy atom. The number of hydrogen-bond acceptors (Lipinski definition) is 6. The first-order chi connectivity index (χ1) is 11.0. The number of nitrogens with one attached hydrogen (secondary N) is 3. The highest BCUT2D eigenvalue weighted by Gasteiger charge is 2.20. The van der Waals surface area contributed by atoms with E-state index < -0.39 is 27.3 Å². The lowest BCUT2D eigenvalue weighted by molar-refractivity contribution is -0.393. The fourth-order valence-electron chi connectivity index (χ4n) is 1.69. The van der Waals surface area contributed by atoms with E-state index in [4.69, 9.17) is 0 Å². The van der Waals surface area contributed by atoms with Crippen molar-refractivity contribution in [1.29, 1.82) is 0 Å². The normalized spacial score (nSPS) is 9.74. The van der Waals surface area contributed by atoms with E-state index in [0.717, 1.165) is 18.2 Å². The lowest BCUT2D eigenvalue weighted by atomic mass is 10.2. The minimum absolute atomic E-state index is 0.159. The van der Waals surface area contributed by atoms with Crippen LogP contribution in [0.15, 0.2) is 48.5 Å². The van der Waals surface area contributed by atoms with Crippen LogP contribution in [0.2, 0.25) is 0 Å². The van der Waals surface area contributed by atoms with Gasteiger partial charge in [-0.2, -0.15) is 0 Å². The third-order valence-electron chi connectivity index (χ3n) is 2.73. The van der Waals surface area contributed by atoms with E-state index in [-0.39, 0.29) is 5.69 Å². The molecule has 0 aliphatic carbocycles. The van der Waals surface area contributed by atoms with Crippen molar-refractivity contribution in [3.63, 3.8) is 0 Å². The van der Waals surface area contributed by atoms with Gasteiger partial charge in [-0.15, -0.1) is 0 Å². The van der Waals surface area contributed by atoms with Crippen LogP contribution < -0.4 is 16.2 Å². The summed E-state index contributed by atoms with van der Waals surface area (Å²) in [6.45, 7) is 0. The number of hydrogen-bond donors (Lipinski definition) is 3. The first kappa shape index (κ1) is 15.7. The van der Waals surface area contributed by atoms with Gasteiger partial charge in [0.25, 0.3) is 11.4 Å². The highest BCUT2D eigenvalue weighted by Crippen LogP contribution is 2.28. The highest BCUT2D eigenvalue weighted by atomic mass is 16.6. The summed E-state index contributed by atoms with van der Waals surface area (Å²) in [5.74, 6) is 0. The van der Waals surface area contributed by atoms with E-state index in [2.05, 4.69) is 16.2 Å². The fourth-order valence-corrected chi connectivity index (χ4v) is 1.69. The van der Waals surface area contributed by atoms with Crippen LogP contribution in [0.5, 0.6) is 0 Å². The van der Waals surface area contributed by atoms with Crippen molar-refractivity contribution in [2.45, 2.75) is 0 Å². The van der Waals surface area contributed by atoms with Crippen LogP contribution >= 0.6 is 0 Å². The maximum absolute atomic E-state index is 11.7. The van der Waals surface area contributed by atoms with Crippen LogP contribution in [0.25, 0.3) is 0 Å². The number of urea groups is 1. The molecule has 23 heavy (non-hydrogen) atoms. The van der Waals surface area contributed by atoms with Crippen LogP contribution in [0, 0.1) is 20.2 Å². The number of amides is 2. The first-order valence-corrected chi connectivity index (χ1v) is 6.28. The topological polar surface area (TPSA) is 139 Å². The van der Waals surface area contributed by atoms with Gasteiger partial charge in [0, 0.05) is 6.07 Å². The molecule has 2 rings (SSSR count). The van der Waals surface area contributed by atoms with Gasteiger partial charge in [-0.3, -0.25) is 31.1 Å². The third kappa shape index (κ3) is 4.14. The second-order valence-electron chi connectivity index (χ2n) is 4.29. The largest absolute Gasteiger partial charge is 0.338 e. The van der Waals surface area contributed by atoms with Crippen LogP contribution in [0.4, 0.5) is 27.5 Å². The molecule has 0 aliphatic heterocycles. The van der Waals surface area contributed by atoms with Gasteiger partial charge in [0.2, 0.25) is 0 Å². The van der Waals surface area contributed by atoms with Gasteiger partial charge >= 0.3 is 6.03 Å². The number of nitro benzene ring substituents is 2. The molecule has 2 amide bonds. The number of non-ortho nitro benzene ring substituents is 1. The summed E-state index contributed by atoms with van der Waals surface area (Å²) in [5, 5.41) is 23.8. The lowest BCUT2D eigenvalue weighted by Crippen LogP contribution is -2.33. The molecule has 2 aromatic rings. The fraction of sp³-hybridized carbons (Fsp3) is 0. The first-order valence-electron chi connectivity index (χ1n) is 6.28. The van der Waals surface area contributed by atoms with E-state index in [0.29, 0.717) is 5.69 Å². The smallest absolute Gasteiger partial charge is 0.301 e. The number of rotatable bonds is 5. The zero-order chi connectivity index (χ0) is 16.8. The second kappa shape index (κ2) is 6.85. The molecule has 3 N–H and O–H groups in total. The number of benzene rings is 2. The van der Waals surface area contributed by atoms with Gasteiger partial charge in [-0.1, -0.05) is 18.2 Å². The number of hydrazine groups is 1. The Hall–Kier alpha value is -3.69. The Kier molecular flexibility index (Phi) is 4.67. The molecule has 0 aliphatic rings. The minimum Gasteiger partial charge on any atom is -0.301 e. The molecule has 0 heterocycles. The molecular weight excluding hydrogens is 306 g/mol. The van der Waals surface area contributed by atoms with E-state index >= 15 is 0 Å². The van der Waals surface area contributed by atoms with Crippen LogP contribution in [0.3, 0.4) is 0 Å². The standard InChI is InChI=1S/C13H11N5O5/c19-13(16-15-9-4-2-1-3-5-9)14-11-7-6-10(17(20)21)8-12(11)18(22)23/h1-8,15H,(H2,14,16,19). The van der Waals surface area contributed by atoms with Gasteiger partial charge in [0.1, 0.15) is 5.69 Å². The van der Waals surface area contributed by atoms with Gasteiger partial charge in [0.15, 0.2) is 0 Å². The van der Waals surface area contributed by atoms with Gasteiger partial charge in [-0.05, 0) is 18.2 Å². The highest BCUT2D eigenvalue weighted by molar-refractivity contribution is 5.92. The molecule has 0 radical (unpaired) electrons. The average molecular weight is 317 g/mol. The number of nitrogens with zero attached hydrogens (tertiary/aromatic N) is 2. The molecule has 2 aromatic carbocycles. The Labute approximate surface area is 129 Å². The summed E-state index contributed by atoms with van der Waals surface area (Å²) in [7, 11) is 0. The number of anilines is 2. The SMILES string of the molecule is O=C(NNc1ccccc1)Nc1ccc([N+](=O)[O-])cc1[N+](=O)[O-]. The quantitative estimate of drug-likeness (QED) is 0.572. The van der Waals surface area contributed by atoms with Crippen LogP contribution in [-0.4, -0.2) is 15.9 Å². The predicted molar refractivity (Wildman–Crippen MR) is 82.0 cm³/mol. The van der Waals surface area contributed by atoms with Crippen molar-refractivity contribution in [3.8, 4) is 0 Å². The zero-order valence-corrected chi connectivity index (χ0v) is 11.6. The number of nitro groups is 2. The molecule has 0 saturated carbocycles. The molecule has 0 spiro atoms.